The highest BCUT2D eigenvalue weighted by molar-refractivity contribution is 6.31. The molecule has 17 heavy (non-hydrogen) atoms. The van der Waals surface area contributed by atoms with Crippen molar-refractivity contribution in [2.75, 3.05) is 0 Å². The lowest BCUT2D eigenvalue weighted by Gasteiger charge is -2.09. The first kappa shape index (κ1) is 11.9. The van der Waals surface area contributed by atoms with Crippen molar-refractivity contribution in [3.05, 3.63) is 46.4 Å². The molecule has 0 saturated carbocycles. The lowest BCUT2D eigenvalue weighted by atomic mass is 10.3. The first-order valence-electron chi connectivity index (χ1n) is 4.71. The molecular formula is C12H8Cl2O3. The van der Waals surface area contributed by atoms with Crippen molar-refractivity contribution >= 4 is 23.2 Å². The number of aromatic hydroxyl groups is 2. The first-order chi connectivity index (χ1) is 8.06. The third kappa shape index (κ3) is 2.75. The lowest BCUT2D eigenvalue weighted by molar-refractivity contribution is 0.385. The molecule has 5 heteroatoms. The van der Waals surface area contributed by atoms with E-state index < -0.39 is 0 Å². The van der Waals surface area contributed by atoms with Crippen LogP contribution in [0.3, 0.4) is 0 Å². The Balaban J connectivity index is 2.31. The van der Waals surface area contributed by atoms with E-state index in [2.05, 4.69) is 0 Å². The largest absolute Gasteiger partial charge is 0.504 e. The Hall–Kier alpha value is -1.58. The molecule has 0 saturated heterocycles. The van der Waals surface area contributed by atoms with Crippen molar-refractivity contribution in [2.24, 2.45) is 0 Å². The van der Waals surface area contributed by atoms with Crippen molar-refractivity contribution in [3.63, 3.8) is 0 Å². The number of phenols is 2. The predicted octanol–water partition coefficient (Wildman–Crippen LogP) is 4.20. The summed E-state index contributed by atoms with van der Waals surface area (Å²) in [5, 5.41) is 20.0. The quantitative estimate of drug-likeness (QED) is 0.860. The summed E-state index contributed by atoms with van der Waals surface area (Å²) in [4.78, 5) is 0. The van der Waals surface area contributed by atoms with Gasteiger partial charge in [-0.1, -0.05) is 23.2 Å². The molecule has 0 amide bonds. The zero-order chi connectivity index (χ0) is 12.4. The van der Waals surface area contributed by atoms with Gasteiger partial charge in [-0.3, -0.25) is 0 Å². The second-order valence-corrected chi connectivity index (χ2v) is 4.20. The van der Waals surface area contributed by atoms with Crippen LogP contribution in [-0.4, -0.2) is 10.2 Å². The summed E-state index contributed by atoms with van der Waals surface area (Å²) in [5.74, 6) is 0.192. The van der Waals surface area contributed by atoms with Gasteiger partial charge in [0.05, 0.1) is 0 Å². The van der Waals surface area contributed by atoms with Crippen LogP contribution in [0.5, 0.6) is 23.0 Å². The minimum atomic E-state index is -0.105. The van der Waals surface area contributed by atoms with E-state index in [0.717, 1.165) is 0 Å². The van der Waals surface area contributed by atoms with Gasteiger partial charge in [0.1, 0.15) is 0 Å². The van der Waals surface area contributed by atoms with E-state index >= 15 is 0 Å². The molecule has 0 heterocycles. The van der Waals surface area contributed by atoms with Gasteiger partial charge in [-0.25, -0.2) is 0 Å². The van der Waals surface area contributed by atoms with Gasteiger partial charge in [0.15, 0.2) is 23.0 Å². The van der Waals surface area contributed by atoms with Crippen LogP contribution in [0.25, 0.3) is 0 Å². The summed E-state index contributed by atoms with van der Waals surface area (Å²) in [6.07, 6.45) is 0. The molecule has 0 aliphatic heterocycles. The molecule has 3 nitrogen and oxygen atoms in total. The summed E-state index contributed by atoms with van der Waals surface area (Å²) in [7, 11) is 0. The zero-order valence-corrected chi connectivity index (χ0v) is 10.0. The minimum absolute atomic E-state index is 0.105. The Morgan fingerprint density at radius 1 is 0.765 bits per heavy atom. The molecule has 2 N–H and O–H groups in total. The van der Waals surface area contributed by atoms with Gasteiger partial charge in [-0.05, 0) is 24.3 Å². The monoisotopic (exact) mass is 270 g/mol. The van der Waals surface area contributed by atoms with E-state index in [9.17, 15) is 10.2 Å². The number of phenolic OH excluding ortho intramolecular Hbond substituents is 2. The topological polar surface area (TPSA) is 49.7 Å². The molecule has 0 atom stereocenters. The van der Waals surface area contributed by atoms with Gasteiger partial charge in [0, 0.05) is 22.2 Å². The molecule has 0 aliphatic carbocycles. The van der Waals surface area contributed by atoms with Gasteiger partial charge in [-0.15, -0.1) is 0 Å². The van der Waals surface area contributed by atoms with E-state index in [0.29, 0.717) is 10.0 Å². The van der Waals surface area contributed by atoms with Crippen molar-refractivity contribution in [3.8, 4) is 23.0 Å². The fraction of sp³-hybridized carbons (Fsp3) is 0. The number of benzene rings is 2. The highest BCUT2D eigenvalue weighted by Gasteiger charge is 2.08. The van der Waals surface area contributed by atoms with Gasteiger partial charge in [0.2, 0.25) is 0 Å². The minimum Gasteiger partial charge on any atom is -0.504 e. The molecule has 2 rings (SSSR count). The molecule has 0 bridgehead atoms. The standard InChI is InChI=1S/C12H8Cl2O3/c13-7-1-3-11(9(15)5-7)17-12-4-2-8(14)6-10(12)16/h1-6,15-16H. The van der Waals surface area contributed by atoms with Crippen LogP contribution in [0.4, 0.5) is 0 Å². The Morgan fingerprint density at radius 2 is 1.18 bits per heavy atom. The van der Waals surface area contributed by atoms with E-state index in [4.69, 9.17) is 27.9 Å². The smallest absolute Gasteiger partial charge is 0.169 e. The van der Waals surface area contributed by atoms with Gasteiger partial charge in [0.25, 0.3) is 0 Å². The molecule has 0 radical (unpaired) electrons. The molecule has 2 aromatic carbocycles. The fourth-order valence-corrected chi connectivity index (χ4v) is 1.60. The number of hydrogen-bond acceptors (Lipinski definition) is 3. The van der Waals surface area contributed by atoms with Crippen LogP contribution in [0.2, 0.25) is 10.0 Å². The van der Waals surface area contributed by atoms with Crippen molar-refractivity contribution in [1.82, 2.24) is 0 Å². The summed E-state index contributed by atoms with van der Waals surface area (Å²) >= 11 is 11.4. The highest BCUT2D eigenvalue weighted by atomic mass is 35.5. The average molecular weight is 271 g/mol. The van der Waals surface area contributed by atoms with E-state index in [1.54, 1.807) is 12.1 Å². The van der Waals surface area contributed by atoms with Crippen LogP contribution in [0, 0.1) is 0 Å². The van der Waals surface area contributed by atoms with Crippen molar-refractivity contribution in [2.45, 2.75) is 0 Å². The highest BCUT2D eigenvalue weighted by Crippen LogP contribution is 2.37. The van der Waals surface area contributed by atoms with Gasteiger partial charge >= 0.3 is 0 Å². The van der Waals surface area contributed by atoms with Crippen LogP contribution in [0.1, 0.15) is 0 Å². The van der Waals surface area contributed by atoms with Gasteiger partial charge < -0.3 is 14.9 Å². The summed E-state index contributed by atoms with van der Waals surface area (Å²) in [5.41, 5.74) is 0. The summed E-state index contributed by atoms with van der Waals surface area (Å²) in [6.45, 7) is 0. The zero-order valence-electron chi connectivity index (χ0n) is 8.52. The second kappa shape index (κ2) is 4.73. The predicted molar refractivity (Wildman–Crippen MR) is 66.3 cm³/mol. The Morgan fingerprint density at radius 3 is 1.53 bits per heavy atom. The van der Waals surface area contributed by atoms with Crippen LogP contribution >= 0.6 is 23.2 Å². The molecular weight excluding hydrogens is 263 g/mol. The normalized spacial score (nSPS) is 10.2. The number of rotatable bonds is 2. The van der Waals surface area contributed by atoms with E-state index in [1.165, 1.54) is 24.3 Å². The third-order valence-corrected chi connectivity index (χ3v) is 2.53. The lowest BCUT2D eigenvalue weighted by Crippen LogP contribution is -1.85. The molecule has 0 aromatic heterocycles. The molecule has 0 fully saturated rings. The average Bonchev–Trinajstić information content (AvgIpc) is 2.25. The van der Waals surface area contributed by atoms with Gasteiger partial charge in [-0.2, -0.15) is 0 Å². The van der Waals surface area contributed by atoms with Crippen LogP contribution < -0.4 is 4.74 Å². The molecule has 88 valence electrons. The van der Waals surface area contributed by atoms with Crippen molar-refractivity contribution in [1.29, 1.82) is 0 Å². The summed E-state index contributed by atoms with van der Waals surface area (Å²) in [6, 6.07) is 8.86. The maximum absolute atomic E-state index is 9.58. The molecule has 2 aromatic rings. The second-order valence-electron chi connectivity index (χ2n) is 3.33. The first-order valence-corrected chi connectivity index (χ1v) is 5.47. The van der Waals surface area contributed by atoms with E-state index in [-0.39, 0.29) is 23.0 Å². The number of ether oxygens (including phenoxy) is 1. The number of hydrogen-bond donors (Lipinski definition) is 2. The fourth-order valence-electron chi connectivity index (χ4n) is 1.27. The van der Waals surface area contributed by atoms with E-state index in [1.807, 2.05) is 0 Å². The SMILES string of the molecule is Oc1cc(Cl)ccc1Oc1ccc(Cl)cc1O. The van der Waals surface area contributed by atoms with Crippen LogP contribution in [0.15, 0.2) is 36.4 Å². The van der Waals surface area contributed by atoms with Crippen molar-refractivity contribution < 1.29 is 14.9 Å². The third-order valence-electron chi connectivity index (χ3n) is 2.06. The maximum Gasteiger partial charge on any atom is 0.169 e. The van der Waals surface area contributed by atoms with Crippen LogP contribution in [-0.2, 0) is 0 Å². The number of halogens is 2. The molecule has 0 spiro atoms. The summed E-state index contributed by atoms with van der Waals surface area (Å²) < 4.78 is 5.33. The Bertz CT molecular complexity index is 506. The molecule has 0 unspecified atom stereocenters. The molecule has 0 aliphatic rings. The Kier molecular flexibility index (Phi) is 3.31. The maximum atomic E-state index is 9.58. The Labute approximate surface area is 108 Å².